The minimum atomic E-state index is -0.0710. The van der Waals surface area contributed by atoms with Crippen molar-refractivity contribution < 1.29 is 4.74 Å². The predicted molar refractivity (Wildman–Crippen MR) is 55.2 cm³/mol. The highest BCUT2D eigenvalue weighted by Crippen LogP contribution is 2.29. The number of rotatable bonds is 3. The molecule has 1 aliphatic heterocycles. The van der Waals surface area contributed by atoms with Crippen LogP contribution in [-0.2, 0) is 4.74 Å². The van der Waals surface area contributed by atoms with Gasteiger partial charge >= 0.3 is 0 Å². The molecule has 0 amide bonds. The zero-order chi connectivity index (χ0) is 8.97. The van der Waals surface area contributed by atoms with Crippen molar-refractivity contribution in [3.63, 3.8) is 0 Å². The van der Waals surface area contributed by atoms with E-state index in [1.165, 1.54) is 0 Å². The van der Waals surface area contributed by atoms with Gasteiger partial charge in [-0.2, -0.15) is 0 Å². The zero-order valence-corrected chi connectivity index (χ0v) is 8.36. The van der Waals surface area contributed by atoms with Crippen molar-refractivity contribution in [2.45, 2.75) is 31.4 Å². The first kappa shape index (κ1) is 10.1. The number of ether oxygens (including phenoxy) is 1. The second-order valence-electron chi connectivity index (χ2n) is 3.19. The summed E-state index contributed by atoms with van der Waals surface area (Å²) < 4.78 is 5.51. The first-order chi connectivity index (χ1) is 5.77. The molecule has 64 valence electrons. The maximum atomic E-state index is 5.68. The molecule has 0 spiro atoms. The van der Waals surface area contributed by atoms with Crippen LogP contribution >= 0.6 is 9.24 Å². The highest BCUT2D eigenvalue weighted by Gasteiger charge is 2.30. The van der Waals surface area contributed by atoms with Crippen LogP contribution in [0.4, 0.5) is 0 Å². The third kappa shape index (κ3) is 2.51. The molecule has 0 N–H and O–H groups in total. The quantitative estimate of drug-likeness (QED) is 0.360. The van der Waals surface area contributed by atoms with Gasteiger partial charge < -0.3 is 4.74 Å². The Hall–Kier alpha value is 0.0149. The molecule has 0 saturated carbocycles. The van der Waals surface area contributed by atoms with Crippen molar-refractivity contribution in [3.05, 3.63) is 0 Å². The number of hydrogen-bond acceptors (Lipinski definition) is 1. The highest BCUT2D eigenvalue weighted by atomic mass is 31.0. The van der Waals surface area contributed by atoms with Crippen LogP contribution in [0.2, 0.25) is 0 Å². The van der Waals surface area contributed by atoms with Gasteiger partial charge in [-0.15, -0.1) is 21.6 Å². The second kappa shape index (κ2) is 4.90. The van der Waals surface area contributed by atoms with E-state index in [1.807, 2.05) is 0 Å². The van der Waals surface area contributed by atoms with E-state index >= 15 is 0 Å². The molecular formula is C9H14BOP. The van der Waals surface area contributed by atoms with Crippen LogP contribution in [0, 0.1) is 18.3 Å². The fourth-order valence-corrected chi connectivity index (χ4v) is 2.16. The van der Waals surface area contributed by atoms with Gasteiger partial charge in [0.25, 0.3) is 0 Å². The summed E-state index contributed by atoms with van der Waals surface area (Å²) in [6.45, 7) is 0. The summed E-state index contributed by atoms with van der Waals surface area (Å²) in [5, 5.41) is 0. The molecule has 1 heterocycles. The van der Waals surface area contributed by atoms with E-state index in [1.54, 1.807) is 0 Å². The van der Waals surface area contributed by atoms with Gasteiger partial charge in [0.05, 0.1) is 6.10 Å². The Morgan fingerprint density at radius 1 is 1.67 bits per heavy atom. The molecule has 1 aliphatic rings. The van der Waals surface area contributed by atoms with Gasteiger partial charge in [-0.3, -0.25) is 0 Å². The Labute approximate surface area is 78.2 Å². The van der Waals surface area contributed by atoms with Crippen molar-refractivity contribution >= 4 is 17.1 Å². The fourth-order valence-electron chi connectivity index (χ4n) is 1.66. The molecule has 0 aromatic carbocycles. The summed E-state index contributed by atoms with van der Waals surface area (Å²) in [6.07, 6.45) is 9.31. The highest BCUT2D eigenvalue weighted by molar-refractivity contribution is 7.16. The van der Waals surface area contributed by atoms with Crippen LogP contribution in [-0.4, -0.2) is 26.1 Å². The van der Waals surface area contributed by atoms with Crippen molar-refractivity contribution in [1.29, 1.82) is 0 Å². The van der Waals surface area contributed by atoms with Gasteiger partial charge in [-0.05, 0) is 24.9 Å². The normalized spacial score (nSPS) is 34.8. The van der Waals surface area contributed by atoms with E-state index < -0.39 is 0 Å². The summed E-state index contributed by atoms with van der Waals surface area (Å²) in [5.74, 6) is 3.21. The first-order valence-electron chi connectivity index (χ1n) is 4.32. The van der Waals surface area contributed by atoms with Gasteiger partial charge in [0.1, 0.15) is 7.85 Å². The molecule has 0 aliphatic carbocycles. The molecule has 2 radical (unpaired) electrons. The largest absolute Gasteiger partial charge is 0.384 e. The van der Waals surface area contributed by atoms with Crippen LogP contribution in [0.5, 0.6) is 0 Å². The summed E-state index contributed by atoms with van der Waals surface area (Å²) in [4.78, 5) is 0. The molecule has 0 aromatic heterocycles. The monoisotopic (exact) mass is 180 g/mol. The predicted octanol–water partition coefficient (Wildman–Crippen LogP) is 1.17. The van der Waals surface area contributed by atoms with Crippen LogP contribution in [0.3, 0.4) is 0 Å². The molecule has 0 aromatic rings. The molecule has 0 bridgehead atoms. The molecule has 4 unspecified atom stereocenters. The van der Waals surface area contributed by atoms with Crippen molar-refractivity contribution in [2.24, 2.45) is 5.92 Å². The molecule has 3 heteroatoms. The zero-order valence-electron chi connectivity index (χ0n) is 7.20. The SMILES string of the molecule is [B]C1CC(CCC#C)C(CP)O1. The molecular weight excluding hydrogens is 166 g/mol. The van der Waals surface area contributed by atoms with Crippen molar-refractivity contribution in [2.75, 3.05) is 6.16 Å². The smallest absolute Gasteiger partial charge is 0.109 e. The summed E-state index contributed by atoms with van der Waals surface area (Å²) in [5.41, 5.74) is 0. The minimum absolute atomic E-state index is 0.0710. The minimum Gasteiger partial charge on any atom is -0.384 e. The third-order valence-electron chi connectivity index (χ3n) is 2.30. The maximum absolute atomic E-state index is 5.68. The van der Waals surface area contributed by atoms with E-state index in [2.05, 4.69) is 15.2 Å². The lowest BCUT2D eigenvalue weighted by molar-refractivity contribution is 0.0875. The van der Waals surface area contributed by atoms with Crippen LogP contribution in [0.1, 0.15) is 19.3 Å². The lowest BCUT2D eigenvalue weighted by Crippen LogP contribution is -2.17. The average molecular weight is 180 g/mol. The van der Waals surface area contributed by atoms with Crippen LogP contribution in [0.25, 0.3) is 0 Å². The molecule has 1 nitrogen and oxygen atoms in total. The molecule has 12 heavy (non-hydrogen) atoms. The number of hydrogen-bond donors (Lipinski definition) is 0. The van der Waals surface area contributed by atoms with Gasteiger partial charge in [-0.25, -0.2) is 0 Å². The van der Waals surface area contributed by atoms with Crippen LogP contribution in [0.15, 0.2) is 0 Å². The molecule has 4 atom stereocenters. The fraction of sp³-hybridized carbons (Fsp3) is 0.778. The van der Waals surface area contributed by atoms with E-state index in [-0.39, 0.29) is 6.00 Å². The van der Waals surface area contributed by atoms with E-state index in [0.717, 1.165) is 25.4 Å². The molecule has 1 fully saturated rings. The summed E-state index contributed by atoms with van der Waals surface area (Å²) in [6, 6.07) is -0.0710. The average Bonchev–Trinajstić information content (AvgIpc) is 2.42. The van der Waals surface area contributed by atoms with Crippen molar-refractivity contribution in [1.82, 2.24) is 0 Å². The van der Waals surface area contributed by atoms with E-state index in [0.29, 0.717) is 12.0 Å². The van der Waals surface area contributed by atoms with Gasteiger partial charge in [0, 0.05) is 12.4 Å². The van der Waals surface area contributed by atoms with Crippen LogP contribution < -0.4 is 0 Å². The van der Waals surface area contributed by atoms with E-state index in [4.69, 9.17) is 19.0 Å². The topological polar surface area (TPSA) is 9.23 Å². The standard InChI is InChI=1S/C9H14BOP/c1-2-3-4-7-5-9(10)11-8(7)6-12/h1,7-9H,3-6,12H2. The Bertz CT molecular complexity index is 178. The van der Waals surface area contributed by atoms with Gasteiger partial charge in [0.15, 0.2) is 0 Å². The Balaban J connectivity index is 2.36. The lowest BCUT2D eigenvalue weighted by Gasteiger charge is -2.14. The molecule has 1 rings (SSSR count). The van der Waals surface area contributed by atoms with Gasteiger partial charge in [0.2, 0.25) is 0 Å². The van der Waals surface area contributed by atoms with E-state index in [9.17, 15) is 0 Å². The van der Waals surface area contributed by atoms with Gasteiger partial charge in [-0.1, -0.05) is 0 Å². The molecule has 1 saturated heterocycles. The Morgan fingerprint density at radius 2 is 2.42 bits per heavy atom. The Morgan fingerprint density at radius 3 is 3.00 bits per heavy atom. The lowest BCUT2D eigenvalue weighted by atomic mass is 9.88. The third-order valence-corrected chi connectivity index (χ3v) is 2.77. The summed E-state index contributed by atoms with van der Waals surface area (Å²) >= 11 is 0. The second-order valence-corrected chi connectivity index (χ2v) is 3.66. The Kier molecular flexibility index (Phi) is 4.12. The maximum Gasteiger partial charge on any atom is 0.109 e. The first-order valence-corrected chi connectivity index (χ1v) is 5.14. The van der Waals surface area contributed by atoms with Crippen molar-refractivity contribution in [3.8, 4) is 12.3 Å². The number of terminal acetylenes is 1. The summed E-state index contributed by atoms with van der Waals surface area (Å²) in [7, 11) is 8.38.